The zero-order valence-electron chi connectivity index (χ0n) is 24.4. The van der Waals surface area contributed by atoms with E-state index in [-0.39, 0.29) is 11.4 Å². The van der Waals surface area contributed by atoms with Gasteiger partial charge in [-0.1, -0.05) is 31.9 Å². The van der Waals surface area contributed by atoms with E-state index in [4.69, 9.17) is 5.11 Å². The summed E-state index contributed by atoms with van der Waals surface area (Å²) in [6.45, 7) is 4.26. The molecule has 11 heteroatoms. The first-order chi connectivity index (χ1) is 20.2. The first-order valence-electron chi connectivity index (χ1n) is 14.6. The van der Waals surface area contributed by atoms with E-state index >= 15 is 0 Å². The van der Waals surface area contributed by atoms with Crippen molar-refractivity contribution in [3.05, 3.63) is 76.1 Å². The fourth-order valence-electron chi connectivity index (χ4n) is 6.44. The molecule has 1 aliphatic carbocycles. The van der Waals surface area contributed by atoms with Crippen molar-refractivity contribution >= 4 is 11.9 Å². The Bertz CT molecular complexity index is 1520. The van der Waals surface area contributed by atoms with Crippen molar-refractivity contribution in [2.45, 2.75) is 64.1 Å². The van der Waals surface area contributed by atoms with Crippen LogP contribution in [0.4, 0.5) is 13.2 Å². The van der Waals surface area contributed by atoms with Gasteiger partial charge < -0.3 is 5.11 Å². The van der Waals surface area contributed by atoms with Crippen LogP contribution in [0.25, 0.3) is 11.2 Å². The third kappa shape index (κ3) is 6.08. The number of aliphatic hydroxyl groups excluding tert-OH is 1. The molecule has 2 fully saturated rings. The summed E-state index contributed by atoms with van der Waals surface area (Å²) in [5.41, 5.74) is 0.574. The summed E-state index contributed by atoms with van der Waals surface area (Å²) in [6, 6.07) is 8.75. The number of likely N-dealkylation sites (tertiary alicyclic amines) is 1. The zero-order valence-corrected chi connectivity index (χ0v) is 24.4. The first-order valence-corrected chi connectivity index (χ1v) is 14.6. The Hall–Kier alpha value is -3.31. The number of likely N-dealkylation sites (N-methyl/N-ethyl adjacent to an activating group) is 1. The Morgan fingerprint density at radius 1 is 1.10 bits per heavy atom. The van der Waals surface area contributed by atoms with E-state index in [2.05, 4.69) is 22.1 Å². The number of aromatic nitrogens is 2. The van der Waals surface area contributed by atoms with Crippen molar-refractivity contribution in [1.29, 1.82) is 0 Å². The van der Waals surface area contributed by atoms with Crippen molar-refractivity contribution in [3.63, 3.8) is 0 Å². The summed E-state index contributed by atoms with van der Waals surface area (Å²) < 4.78 is 47.3. The number of fused-ring (bicyclic) bond motifs is 1. The maximum absolute atomic E-state index is 14.3. The molecular formula is C31H39F3N6O2+. The molecule has 4 heterocycles. The number of halogens is 3. The highest BCUT2D eigenvalue weighted by atomic mass is 19.4. The number of aliphatic hydroxyl groups is 1. The summed E-state index contributed by atoms with van der Waals surface area (Å²) in [6.07, 6.45) is 7.44. The summed E-state index contributed by atoms with van der Waals surface area (Å²) in [5, 5.41) is 15.4. The number of imidazole rings is 1. The summed E-state index contributed by atoms with van der Waals surface area (Å²) in [7, 11) is 2.92. The second-order valence-corrected chi connectivity index (χ2v) is 11.7. The van der Waals surface area contributed by atoms with Crippen LogP contribution in [0, 0.1) is 18.0 Å². The predicted octanol–water partition coefficient (Wildman–Crippen LogP) is 5.85. The summed E-state index contributed by atoms with van der Waals surface area (Å²) >= 11 is 0. The molecule has 1 saturated heterocycles. The average molecular weight is 585 g/mol. The third-order valence-corrected chi connectivity index (χ3v) is 8.68. The molecule has 1 N–H and O–H groups in total. The van der Waals surface area contributed by atoms with Gasteiger partial charge in [0, 0.05) is 32.6 Å². The van der Waals surface area contributed by atoms with Crippen LogP contribution < -0.4 is 5.69 Å². The quantitative estimate of drug-likeness (QED) is 0.370. The molecule has 0 unspecified atom stereocenters. The normalized spacial score (nSPS) is 21.0. The maximum Gasteiger partial charge on any atom is 0.418 e. The molecule has 2 aliphatic heterocycles. The number of pyridine rings is 1. The summed E-state index contributed by atoms with van der Waals surface area (Å²) in [5.74, 6) is 0.904. The smallest absolute Gasteiger partial charge is 0.400 e. The molecule has 2 atom stereocenters. The summed E-state index contributed by atoms with van der Waals surface area (Å²) in [4.78, 5) is 15.8. The van der Waals surface area contributed by atoms with Crippen LogP contribution in [0.2, 0.25) is 0 Å². The molecule has 6 rings (SSSR count). The standard InChI is InChI=1S/C30H35F3N6O.CH4O/c1-20-7-3-4-12-37(15-20)16-21-13-25(30(31,32)33)26-18-38(29(40)39(26)17-21)24-11-6-10-23(14-24)27(22-8-5-9-22)28-35-34-19-36(28)2;1-2/h6,10-11,13-14,17-20,22,27H,3-5,7-9,12,15-16H2,1-2H3;2H,1H3/q+1;/t20-,27-;/m1./s1. The highest BCUT2D eigenvalue weighted by Gasteiger charge is 2.42. The topological polar surface area (TPSA) is 77.6 Å². The van der Waals surface area contributed by atoms with Crippen LogP contribution in [0.15, 0.2) is 57.7 Å². The number of hydrogen-bond donors (Lipinski definition) is 1. The second kappa shape index (κ2) is 12.5. The number of alkyl halides is 3. The minimum absolute atomic E-state index is 0.00212. The van der Waals surface area contributed by atoms with Crippen molar-refractivity contribution in [2.75, 3.05) is 27.2 Å². The van der Waals surface area contributed by atoms with Crippen LogP contribution >= 0.6 is 0 Å². The first kappa shape index (κ1) is 30.2. The fourth-order valence-corrected chi connectivity index (χ4v) is 6.44. The van der Waals surface area contributed by atoms with Gasteiger partial charge in [-0.05, 0) is 78.5 Å². The van der Waals surface area contributed by atoms with E-state index in [0.29, 0.717) is 29.6 Å². The van der Waals surface area contributed by atoms with E-state index in [0.717, 1.165) is 74.9 Å². The number of rotatable bonds is 6. The molecule has 0 spiro atoms. The molecule has 8 nitrogen and oxygen atoms in total. The van der Waals surface area contributed by atoms with Gasteiger partial charge in [0.15, 0.2) is 0 Å². The molecular weight excluding hydrogens is 545 g/mol. The number of hydrogen-bond acceptors (Lipinski definition) is 5. The predicted molar refractivity (Wildman–Crippen MR) is 155 cm³/mol. The lowest BCUT2D eigenvalue weighted by atomic mass is 9.71. The molecule has 1 radical (unpaired) electrons. The molecule has 3 aliphatic rings. The molecule has 3 aromatic rings. The number of benzene rings is 1. The Morgan fingerprint density at radius 2 is 1.88 bits per heavy atom. The SMILES string of the molecule is CO.C[C@@H]1CCCCN(Cc2cc(C(F)(F)F)c3cn(-c4cccc([C@H]([C]5N=NC=[N+]5C)C5CCC5)c4)c(=O)n3c2)C1. The average Bonchev–Trinajstić information content (AvgIpc) is 3.43. The van der Waals surface area contributed by atoms with E-state index in [1.54, 1.807) is 18.6 Å². The van der Waals surface area contributed by atoms with Gasteiger partial charge in [0.25, 0.3) is 0 Å². The lowest BCUT2D eigenvalue weighted by Gasteiger charge is -2.34. The minimum Gasteiger partial charge on any atom is -0.400 e. The molecule has 2 aromatic heterocycles. The molecule has 42 heavy (non-hydrogen) atoms. The molecule has 1 aromatic carbocycles. The van der Waals surface area contributed by atoms with Gasteiger partial charge in [-0.25, -0.2) is 9.37 Å². The lowest BCUT2D eigenvalue weighted by molar-refractivity contribution is -0.480. The van der Waals surface area contributed by atoms with Gasteiger partial charge in [-0.3, -0.25) is 13.9 Å². The highest BCUT2D eigenvalue weighted by molar-refractivity contribution is 5.58. The minimum atomic E-state index is -4.59. The van der Waals surface area contributed by atoms with Crippen molar-refractivity contribution < 1.29 is 22.9 Å². The van der Waals surface area contributed by atoms with Gasteiger partial charge in [0.2, 0.25) is 0 Å². The van der Waals surface area contributed by atoms with Crippen LogP contribution in [-0.4, -0.2) is 57.1 Å². The van der Waals surface area contributed by atoms with Crippen LogP contribution in [0.1, 0.15) is 68.1 Å². The Kier molecular flexibility index (Phi) is 8.98. The monoisotopic (exact) mass is 584 g/mol. The van der Waals surface area contributed by atoms with E-state index in [1.165, 1.54) is 16.8 Å². The van der Waals surface area contributed by atoms with Crippen molar-refractivity contribution in [3.8, 4) is 5.69 Å². The van der Waals surface area contributed by atoms with E-state index in [1.807, 2.05) is 29.8 Å². The molecule has 0 bridgehead atoms. The fraction of sp³-hybridized carbons (Fsp3) is 0.516. The van der Waals surface area contributed by atoms with Gasteiger partial charge in [0.05, 0.1) is 34.8 Å². The molecule has 1 saturated carbocycles. The van der Waals surface area contributed by atoms with Crippen molar-refractivity contribution in [1.82, 2.24) is 13.9 Å². The van der Waals surface area contributed by atoms with E-state index in [9.17, 15) is 18.0 Å². The number of azo groups is 1. The van der Waals surface area contributed by atoms with Crippen LogP contribution in [-0.2, 0) is 12.7 Å². The van der Waals surface area contributed by atoms with Crippen LogP contribution in [0.3, 0.4) is 0 Å². The van der Waals surface area contributed by atoms with Gasteiger partial charge in [-0.2, -0.15) is 13.2 Å². The third-order valence-electron chi connectivity index (χ3n) is 8.68. The Balaban J connectivity index is 0.00000173. The van der Waals surface area contributed by atoms with Gasteiger partial charge in [0.1, 0.15) is 0 Å². The Morgan fingerprint density at radius 3 is 2.55 bits per heavy atom. The maximum atomic E-state index is 14.3. The van der Waals surface area contributed by atoms with Gasteiger partial charge >= 0.3 is 24.4 Å². The molecule has 0 amide bonds. The van der Waals surface area contributed by atoms with Gasteiger partial charge in [-0.15, -0.1) is 0 Å². The largest absolute Gasteiger partial charge is 0.418 e. The lowest BCUT2D eigenvalue weighted by Crippen LogP contribution is -2.29. The zero-order chi connectivity index (χ0) is 30.0. The molecule has 225 valence electrons. The van der Waals surface area contributed by atoms with E-state index < -0.39 is 17.4 Å². The van der Waals surface area contributed by atoms with Crippen molar-refractivity contribution in [2.24, 2.45) is 22.1 Å². The van der Waals surface area contributed by atoms with Crippen LogP contribution in [0.5, 0.6) is 0 Å². The number of nitrogens with zero attached hydrogens (tertiary/aromatic N) is 6. The highest BCUT2D eigenvalue weighted by Crippen LogP contribution is 2.46. The second-order valence-electron chi connectivity index (χ2n) is 11.7. The Labute approximate surface area is 243 Å².